The first kappa shape index (κ1) is 24.0. The molecule has 174 valence electrons. The number of imidazole rings is 1. The number of fused-ring (bicyclic) bond motifs is 1. The van der Waals surface area contributed by atoms with Crippen LogP contribution in [-0.4, -0.2) is 14.2 Å². The fourth-order valence-electron chi connectivity index (χ4n) is 3.63. The van der Waals surface area contributed by atoms with Crippen molar-refractivity contribution >= 4 is 51.5 Å². The molecule has 0 radical (unpaired) electrons. The van der Waals surface area contributed by atoms with Gasteiger partial charge in [-0.15, -0.1) is 0 Å². The lowest BCUT2D eigenvalue weighted by atomic mass is 10.1. The number of allylic oxidation sites excluding steroid dienone is 1. The lowest BCUT2D eigenvalue weighted by Crippen LogP contribution is -2.27. The van der Waals surface area contributed by atoms with E-state index in [9.17, 15) is 5.11 Å². The average molecular weight is 516 g/mol. The van der Waals surface area contributed by atoms with Crippen molar-refractivity contribution < 1.29 is 5.11 Å². The topological polar surface area (TPSA) is 102 Å². The summed E-state index contributed by atoms with van der Waals surface area (Å²) in [7, 11) is 0. The van der Waals surface area contributed by atoms with Gasteiger partial charge in [0.2, 0.25) is 5.62 Å². The molecule has 4 aromatic rings. The van der Waals surface area contributed by atoms with E-state index in [1.54, 1.807) is 45.7 Å². The van der Waals surface area contributed by atoms with Gasteiger partial charge in [-0.05, 0) is 54.1 Å². The van der Waals surface area contributed by atoms with Crippen LogP contribution in [0.1, 0.15) is 11.7 Å². The maximum Gasteiger partial charge on any atom is 0.203 e. The second-order valence-electron chi connectivity index (χ2n) is 7.60. The van der Waals surface area contributed by atoms with Gasteiger partial charge < -0.3 is 19.6 Å². The van der Waals surface area contributed by atoms with Crippen LogP contribution in [0.4, 0.5) is 5.69 Å². The highest BCUT2D eigenvalue weighted by Gasteiger charge is 2.16. The van der Waals surface area contributed by atoms with Crippen LogP contribution in [0.15, 0.2) is 83.7 Å². The van der Waals surface area contributed by atoms with Crippen molar-refractivity contribution in [1.82, 2.24) is 9.13 Å². The number of aliphatic hydroxyl groups excluding tert-OH is 1. The number of hydrogen-bond donors (Lipinski definition) is 4. The van der Waals surface area contributed by atoms with Crippen molar-refractivity contribution in [2.24, 2.45) is 5.11 Å². The minimum Gasteiger partial charge on any atom is -0.387 e. The van der Waals surface area contributed by atoms with Crippen LogP contribution in [0.2, 0.25) is 15.1 Å². The summed E-state index contributed by atoms with van der Waals surface area (Å²) in [6.45, 7) is 0.337. The summed E-state index contributed by atoms with van der Waals surface area (Å²) in [4.78, 5) is 0. The van der Waals surface area contributed by atoms with Crippen LogP contribution in [0.5, 0.6) is 0 Å². The van der Waals surface area contributed by atoms with Crippen LogP contribution in [0, 0.1) is 10.9 Å². The van der Waals surface area contributed by atoms with E-state index in [2.05, 4.69) is 10.4 Å². The highest BCUT2D eigenvalue weighted by molar-refractivity contribution is 6.42. The third-order valence-corrected chi connectivity index (χ3v) is 6.36. The number of nitrogens with zero attached hydrogens (tertiary/aromatic N) is 3. The van der Waals surface area contributed by atoms with E-state index in [4.69, 9.17) is 45.7 Å². The van der Waals surface area contributed by atoms with Crippen LogP contribution in [-0.2, 0) is 13.1 Å². The zero-order chi connectivity index (χ0) is 24.2. The minimum absolute atomic E-state index is 0.143. The molecule has 0 saturated carbocycles. The summed E-state index contributed by atoms with van der Waals surface area (Å²) < 4.78 is 3.46. The van der Waals surface area contributed by atoms with Crippen LogP contribution in [0.3, 0.4) is 0 Å². The molecule has 0 aliphatic carbocycles. The van der Waals surface area contributed by atoms with E-state index in [1.165, 1.54) is 0 Å². The van der Waals surface area contributed by atoms with Gasteiger partial charge in [-0.25, -0.2) is 5.53 Å². The second kappa shape index (κ2) is 10.4. The molecule has 4 rings (SSSR count). The maximum atomic E-state index is 10.8. The van der Waals surface area contributed by atoms with Crippen molar-refractivity contribution in [3.8, 4) is 0 Å². The number of hydrogen-bond acceptors (Lipinski definition) is 5. The molecule has 0 aliphatic rings. The SMILES string of the molecule is N=N/C(=C\Nc1ccc(Cl)cc1)Cn1c(=N)n(CC(O)c2ccc(Cl)c(Cl)c2)c2ccccc21. The first-order chi connectivity index (χ1) is 16.4. The van der Waals surface area contributed by atoms with E-state index >= 15 is 0 Å². The number of aromatic nitrogens is 2. The van der Waals surface area contributed by atoms with Gasteiger partial charge in [0.25, 0.3) is 0 Å². The molecule has 34 heavy (non-hydrogen) atoms. The van der Waals surface area contributed by atoms with Crippen molar-refractivity contribution in [3.05, 3.63) is 105 Å². The fourth-order valence-corrected chi connectivity index (χ4v) is 4.06. The number of anilines is 1. The summed E-state index contributed by atoms with van der Waals surface area (Å²) in [5.74, 6) is 0. The average Bonchev–Trinajstić information content (AvgIpc) is 3.10. The molecular weight excluding hydrogens is 495 g/mol. The minimum atomic E-state index is -0.898. The second-order valence-corrected chi connectivity index (χ2v) is 8.85. The number of halogens is 3. The lowest BCUT2D eigenvalue weighted by Gasteiger charge is -2.13. The molecular formula is C24H21Cl3N6O. The molecule has 0 spiro atoms. The van der Waals surface area contributed by atoms with Gasteiger partial charge in [0.05, 0.1) is 46.0 Å². The van der Waals surface area contributed by atoms with Crippen molar-refractivity contribution in [1.29, 1.82) is 10.9 Å². The first-order valence-electron chi connectivity index (χ1n) is 10.3. The number of benzene rings is 3. The van der Waals surface area contributed by atoms with E-state index in [1.807, 2.05) is 36.4 Å². The smallest absolute Gasteiger partial charge is 0.203 e. The molecule has 10 heteroatoms. The van der Waals surface area contributed by atoms with E-state index in [0.717, 1.165) is 16.7 Å². The number of para-hydroxylation sites is 2. The molecule has 0 aliphatic heterocycles. The van der Waals surface area contributed by atoms with Gasteiger partial charge in [-0.2, -0.15) is 5.11 Å². The Hall–Kier alpha value is -3.10. The first-order valence-corrected chi connectivity index (χ1v) is 11.4. The molecule has 0 fully saturated rings. The summed E-state index contributed by atoms with van der Waals surface area (Å²) in [5, 5.41) is 27.8. The van der Waals surface area contributed by atoms with Gasteiger partial charge in [0, 0.05) is 16.9 Å². The Labute approximate surface area is 210 Å². The molecule has 7 nitrogen and oxygen atoms in total. The third kappa shape index (κ3) is 5.18. The van der Waals surface area contributed by atoms with Gasteiger partial charge in [-0.1, -0.05) is 53.0 Å². The molecule has 3 aromatic carbocycles. The summed E-state index contributed by atoms with van der Waals surface area (Å²) in [6, 6.07) is 19.7. The lowest BCUT2D eigenvalue weighted by molar-refractivity contribution is 0.155. The Morgan fingerprint density at radius 1 is 0.971 bits per heavy atom. The summed E-state index contributed by atoms with van der Waals surface area (Å²) >= 11 is 18.0. The normalized spacial score (nSPS) is 12.6. The monoisotopic (exact) mass is 514 g/mol. The third-order valence-electron chi connectivity index (χ3n) is 5.37. The Balaban J connectivity index is 1.64. The van der Waals surface area contributed by atoms with Gasteiger partial charge >= 0.3 is 0 Å². The fraction of sp³-hybridized carbons (Fsp3) is 0.125. The zero-order valence-corrected chi connectivity index (χ0v) is 20.1. The Bertz CT molecular complexity index is 1430. The van der Waals surface area contributed by atoms with E-state index in [-0.39, 0.29) is 18.7 Å². The molecule has 1 aromatic heterocycles. The number of rotatable bonds is 8. The summed E-state index contributed by atoms with van der Waals surface area (Å²) in [6.07, 6.45) is 0.727. The van der Waals surface area contributed by atoms with E-state index < -0.39 is 6.10 Å². The number of aliphatic hydroxyl groups is 1. The van der Waals surface area contributed by atoms with Crippen LogP contribution in [0.25, 0.3) is 11.0 Å². The molecule has 0 bridgehead atoms. The standard InChI is InChI=1S/C24H21Cl3N6O/c25-16-6-8-17(9-7-16)30-12-18(31-29)13-32-21-3-1-2-4-22(21)33(24(32)28)14-23(34)15-5-10-19(26)20(27)11-15/h1-12,23,28-30,34H,13-14H2/b18-12-,28-24?,31-29?. The van der Waals surface area contributed by atoms with Crippen LogP contribution < -0.4 is 10.9 Å². The Morgan fingerprint density at radius 3 is 2.29 bits per heavy atom. The molecule has 0 amide bonds. The maximum absolute atomic E-state index is 10.8. The quantitative estimate of drug-likeness (QED) is 0.199. The van der Waals surface area contributed by atoms with Gasteiger partial charge in [-0.3, -0.25) is 5.41 Å². The van der Waals surface area contributed by atoms with Gasteiger partial charge in [0.15, 0.2) is 0 Å². The highest BCUT2D eigenvalue weighted by atomic mass is 35.5. The Morgan fingerprint density at radius 2 is 1.65 bits per heavy atom. The summed E-state index contributed by atoms with van der Waals surface area (Å²) in [5.41, 5.74) is 11.2. The predicted molar refractivity (Wildman–Crippen MR) is 136 cm³/mol. The molecule has 0 saturated heterocycles. The molecule has 1 unspecified atom stereocenters. The molecule has 1 heterocycles. The van der Waals surface area contributed by atoms with Crippen molar-refractivity contribution in [3.63, 3.8) is 0 Å². The van der Waals surface area contributed by atoms with Crippen molar-refractivity contribution in [2.45, 2.75) is 19.2 Å². The largest absolute Gasteiger partial charge is 0.387 e. The predicted octanol–water partition coefficient (Wildman–Crippen LogP) is 6.60. The van der Waals surface area contributed by atoms with Gasteiger partial charge in [0.1, 0.15) is 0 Å². The number of nitrogens with one attached hydrogen (secondary N) is 3. The molecule has 4 N–H and O–H groups in total. The Kier molecular flexibility index (Phi) is 7.38. The highest BCUT2D eigenvalue weighted by Crippen LogP contribution is 2.27. The zero-order valence-electron chi connectivity index (χ0n) is 17.8. The van der Waals surface area contributed by atoms with E-state index in [0.29, 0.717) is 26.3 Å². The van der Waals surface area contributed by atoms with Crippen molar-refractivity contribution in [2.75, 3.05) is 5.32 Å². The van der Waals surface area contributed by atoms with Crippen LogP contribution >= 0.6 is 34.8 Å². The molecule has 1 atom stereocenters.